The van der Waals surface area contributed by atoms with Crippen LogP contribution in [0.4, 0.5) is 11.6 Å². The van der Waals surface area contributed by atoms with Crippen LogP contribution in [0.2, 0.25) is 0 Å². The molecule has 0 bridgehead atoms. The first-order valence-corrected chi connectivity index (χ1v) is 6.55. The number of hydrogen-bond donors (Lipinski definition) is 1. The van der Waals surface area contributed by atoms with E-state index in [4.69, 9.17) is 10.5 Å². The SMILES string of the molecule is CCO/C(=N/c1ncc(Br)nc1N)c1ccccc1. The van der Waals surface area contributed by atoms with Crippen molar-refractivity contribution in [2.24, 2.45) is 4.99 Å². The highest BCUT2D eigenvalue weighted by Gasteiger charge is 2.08. The Hall–Kier alpha value is -1.95. The zero-order chi connectivity index (χ0) is 13.7. The molecule has 0 aliphatic rings. The summed E-state index contributed by atoms with van der Waals surface area (Å²) in [6, 6.07) is 9.59. The minimum Gasteiger partial charge on any atom is -0.477 e. The van der Waals surface area contributed by atoms with E-state index in [1.807, 2.05) is 37.3 Å². The lowest BCUT2D eigenvalue weighted by Crippen LogP contribution is -2.07. The molecule has 0 radical (unpaired) electrons. The van der Waals surface area contributed by atoms with E-state index < -0.39 is 0 Å². The Morgan fingerprint density at radius 2 is 2.11 bits per heavy atom. The van der Waals surface area contributed by atoms with E-state index >= 15 is 0 Å². The fraction of sp³-hybridized carbons (Fsp3) is 0.154. The number of aromatic nitrogens is 2. The summed E-state index contributed by atoms with van der Waals surface area (Å²) in [5.41, 5.74) is 6.65. The molecule has 2 rings (SSSR count). The lowest BCUT2D eigenvalue weighted by atomic mass is 10.2. The van der Waals surface area contributed by atoms with Gasteiger partial charge in [0.15, 0.2) is 11.6 Å². The second-order valence-corrected chi connectivity index (χ2v) is 4.43. The fourth-order valence-corrected chi connectivity index (χ4v) is 1.75. The molecule has 1 aromatic heterocycles. The lowest BCUT2D eigenvalue weighted by Gasteiger charge is -2.07. The second kappa shape index (κ2) is 6.29. The lowest BCUT2D eigenvalue weighted by molar-refractivity contribution is 0.328. The number of aliphatic imine (C=N–C) groups is 1. The molecule has 0 saturated heterocycles. The van der Waals surface area contributed by atoms with Crippen LogP contribution in [0.15, 0.2) is 46.1 Å². The molecule has 1 aromatic carbocycles. The fourth-order valence-electron chi connectivity index (χ4n) is 1.45. The third-order valence-corrected chi connectivity index (χ3v) is 2.64. The van der Waals surface area contributed by atoms with Crippen molar-refractivity contribution in [3.05, 3.63) is 46.7 Å². The zero-order valence-corrected chi connectivity index (χ0v) is 12.0. The Balaban J connectivity index is 2.41. The van der Waals surface area contributed by atoms with E-state index in [1.54, 1.807) is 6.20 Å². The molecule has 0 atom stereocenters. The molecule has 0 fully saturated rings. The maximum Gasteiger partial charge on any atom is 0.222 e. The summed E-state index contributed by atoms with van der Waals surface area (Å²) in [4.78, 5) is 12.5. The van der Waals surface area contributed by atoms with Gasteiger partial charge in [-0.05, 0) is 35.0 Å². The van der Waals surface area contributed by atoms with Gasteiger partial charge in [-0.25, -0.2) is 9.97 Å². The number of ether oxygens (including phenoxy) is 1. The van der Waals surface area contributed by atoms with Crippen molar-refractivity contribution in [1.82, 2.24) is 9.97 Å². The maximum absolute atomic E-state index is 5.78. The summed E-state index contributed by atoms with van der Waals surface area (Å²) in [5.74, 6) is 1.07. The second-order valence-electron chi connectivity index (χ2n) is 3.62. The van der Waals surface area contributed by atoms with Crippen LogP contribution in [-0.2, 0) is 4.74 Å². The molecular formula is C13H13BrN4O. The molecule has 2 N–H and O–H groups in total. The molecule has 0 spiro atoms. The minimum atomic E-state index is 0.252. The molecule has 1 heterocycles. The van der Waals surface area contributed by atoms with Crippen molar-refractivity contribution in [2.45, 2.75) is 6.92 Å². The predicted octanol–water partition coefficient (Wildman–Crippen LogP) is 2.94. The van der Waals surface area contributed by atoms with Crippen LogP contribution in [0, 0.1) is 0 Å². The summed E-state index contributed by atoms with van der Waals surface area (Å²) in [5, 5.41) is 0. The van der Waals surface area contributed by atoms with Crippen LogP contribution in [0.1, 0.15) is 12.5 Å². The highest BCUT2D eigenvalue weighted by atomic mass is 79.9. The number of nitrogens with zero attached hydrogens (tertiary/aromatic N) is 3. The van der Waals surface area contributed by atoms with Gasteiger partial charge in [0, 0.05) is 5.56 Å². The number of nitrogens with two attached hydrogens (primary N) is 1. The van der Waals surface area contributed by atoms with Gasteiger partial charge in [0.25, 0.3) is 0 Å². The monoisotopic (exact) mass is 320 g/mol. The Morgan fingerprint density at radius 3 is 2.74 bits per heavy atom. The van der Waals surface area contributed by atoms with Crippen LogP contribution in [-0.4, -0.2) is 22.5 Å². The summed E-state index contributed by atoms with van der Waals surface area (Å²) in [6.45, 7) is 2.41. The van der Waals surface area contributed by atoms with E-state index in [0.29, 0.717) is 22.9 Å². The number of rotatable bonds is 3. The number of anilines is 1. The van der Waals surface area contributed by atoms with Gasteiger partial charge in [0.1, 0.15) is 4.60 Å². The van der Waals surface area contributed by atoms with Crippen molar-refractivity contribution in [1.29, 1.82) is 0 Å². The molecule has 5 nitrogen and oxygen atoms in total. The first-order chi connectivity index (χ1) is 9.20. The molecule has 0 unspecified atom stereocenters. The topological polar surface area (TPSA) is 73.4 Å². The summed E-state index contributed by atoms with van der Waals surface area (Å²) in [6.07, 6.45) is 1.55. The molecule has 6 heteroatoms. The molecule has 0 amide bonds. The predicted molar refractivity (Wildman–Crippen MR) is 78.4 cm³/mol. The van der Waals surface area contributed by atoms with Gasteiger partial charge >= 0.3 is 0 Å². The normalized spacial score (nSPS) is 11.4. The third-order valence-electron chi connectivity index (χ3n) is 2.26. The number of hydrogen-bond acceptors (Lipinski definition) is 5. The zero-order valence-electron chi connectivity index (χ0n) is 10.4. The van der Waals surface area contributed by atoms with Gasteiger partial charge in [-0.15, -0.1) is 0 Å². The molecule has 0 aliphatic carbocycles. The van der Waals surface area contributed by atoms with Crippen LogP contribution in [0.3, 0.4) is 0 Å². The van der Waals surface area contributed by atoms with Crippen molar-refractivity contribution in [2.75, 3.05) is 12.3 Å². The van der Waals surface area contributed by atoms with Crippen LogP contribution in [0.5, 0.6) is 0 Å². The maximum atomic E-state index is 5.78. The van der Waals surface area contributed by atoms with Crippen LogP contribution in [0.25, 0.3) is 0 Å². The number of halogens is 1. The average Bonchev–Trinajstić information content (AvgIpc) is 2.42. The van der Waals surface area contributed by atoms with Crippen molar-refractivity contribution in [3.8, 4) is 0 Å². The smallest absolute Gasteiger partial charge is 0.222 e. The van der Waals surface area contributed by atoms with Crippen molar-refractivity contribution in [3.63, 3.8) is 0 Å². The third kappa shape index (κ3) is 3.51. The van der Waals surface area contributed by atoms with Crippen molar-refractivity contribution < 1.29 is 4.74 Å². The molecule has 98 valence electrons. The highest BCUT2D eigenvalue weighted by molar-refractivity contribution is 9.10. The summed E-state index contributed by atoms with van der Waals surface area (Å²) < 4.78 is 6.10. The Bertz CT molecular complexity index is 586. The standard InChI is InChI=1S/C13H13BrN4O/c1-2-19-13(9-6-4-3-5-7-9)18-12-11(15)17-10(14)8-16-12/h3-8H,2H2,1H3,(H2,15,17)/b18-13+. The molecule has 2 aromatic rings. The van der Waals surface area contributed by atoms with Gasteiger partial charge < -0.3 is 10.5 Å². The van der Waals surface area contributed by atoms with Gasteiger partial charge in [-0.3, -0.25) is 0 Å². The average molecular weight is 321 g/mol. The van der Waals surface area contributed by atoms with E-state index in [-0.39, 0.29) is 5.82 Å². The number of benzene rings is 1. The van der Waals surface area contributed by atoms with E-state index in [1.165, 1.54) is 0 Å². The van der Waals surface area contributed by atoms with Crippen LogP contribution < -0.4 is 5.73 Å². The van der Waals surface area contributed by atoms with E-state index in [9.17, 15) is 0 Å². The Labute approximate surface area is 119 Å². The summed E-state index contributed by atoms with van der Waals surface area (Å²) in [7, 11) is 0. The van der Waals surface area contributed by atoms with Crippen LogP contribution >= 0.6 is 15.9 Å². The Kier molecular flexibility index (Phi) is 4.46. The highest BCUT2D eigenvalue weighted by Crippen LogP contribution is 2.20. The number of nitrogen functional groups attached to an aromatic ring is 1. The largest absolute Gasteiger partial charge is 0.477 e. The molecular weight excluding hydrogens is 308 g/mol. The molecule has 0 saturated carbocycles. The van der Waals surface area contributed by atoms with Gasteiger partial charge in [0.2, 0.25) is 5.90 Å². The first kappa shape index (κ1) is 13.5. The van der Waals surface area contributed by atoms with Gasteiger partial charge in [-0.2, -0.15) is 4.99 Å². The van der Waals surface area contributed by atoms with E-state index in [0.717, 1.165) is 5.56 Å². The first-order valence-electron chi connectivity index (χ1n) is 5.75. The molecule has 0 aliphatic heterocycles. The van der Waals surface area contributed by atoms with Gasteiger partial charge in [-0.1, -0.05) is 18.2 Å². The van der Waals surface area contributed by atoms with Crippen molar-refractivity contribution >= 4 is 33.5 Å². The summed E-state index contributed by atoms with van der Waals surface area (Å²) >= 11 is 3.20. The molecule has 19 heavy (non-hydrogen) atoms. The minimum absolute atomic E-state index is 0.252. The van der Waals surface area contributed by atoms with Gasteiger partial charge in [0.05, 0.1) is 12.8 Å². The Morgan fingerprint density at radius 1 is 1.37 bits per heavy atom. The quantitative estimate of drug-likeness (QED) is 0.697. The van der Waals surface area contributed by atoms with E-state index in [2.05, 4.69) is 30.9 Å².